The molecule has 0 fully saturated rings. The van der Waals surface area contributed by atoms with Crippen molar-refractivity contribution >= 4 is 11.6 Å². The molecular weight excluding hydrogens is 218 g/mol. The van der Waals surface area contributed by atoms with Crippen LogP contribution in [0.1, 0.15) is 12.5 Å². The zero-order valence-electron chi connectivity index (χ0n) is 10.3. The Morgan fingerprint density at radius 2 is 2.18 bits per heavy atom. The van der Waals surface area contributed by atoms with Gasteiger partial charge in [-0.25, -0.2) is 0 Å². The van der Waals surface area contributed by atoms with Gasteiger partial charge in [-0.15, -0.1) is 0 Å². The second kappa shape index (κ2) is 6.10. The van der Waals surface area contributed by atoms with Crippen molar-refractivity contribution in [2.45, 2.75) is 13.5 Å². The number of nitrogens with zero attached hydrogens (tertiary/aromatic N) is 1. The molecule has 0 radical (unpaired) electrons. The van der Waals surface area contributed by atoms with E-state index in [9.17, 15) is 4.79 Å². The van der Waals surface area contributed by atoms with Crippen LogP contribution >= 0.6 is 0 Å². The lowest BCUT2D eigenvalue weighted by Crippen LogP contribution is -2.33. The molecule has 94 valence electrons. The summed E-state index contributed by atoms with van der Waals surface area (Å²) in [6, 6.07) is 5.60. The molecule has 0 atom stereocenters. The Balaban J connectivity index is 2.73. The summed E-state index contributed by atoms with van der Waals surface area (Å²) >= 11 is 0. The predicted octanol–water partition coefficient (Wildman–Crippen LogP) is 0.585. The lowest BCUT2D eigenvalue weighted by Gasteiger charge is -2.19. The SMILES string of the molecule is CCN(CC(N)=O)Cc1ccc(OC)c(N)c1. The number of nitrogens with two attached hydrogens (primary N) is 2. The summed E-state index contributed by atoms with van der Waals surface area (Å²) in [7, 11) is 1.58. The maximum Gasteiger partial charge on any atom is 0.231 e. The van der Waals surface area contributed by atoms with Crippen LogP contribution in [0, 0.1) is 0 Å². The van der Waals surface area contributed by atoms with Gasteiger partial charge < -0.3 is 16.2 Å². The topological polar surface area (TPSA) is 81.6 Å². The summed E-state index contributed by atoms with van der Waals surface area (Å²) in [6.45, 7) is 3.64. The van der Waals surface area contributed by atoms with Gasteiger partial charge in [-0.3, -0.25) is 9.69 Å². The third kappa shape index (κ3) is 3.96. The van der Waals surface area contributed by atoms with Gasteiger partial charge in [-0.05, 0) is 24.2 Å². The number of ether oxygens (including phenoxy) is 1. The second-order valence-corrected chi connectivity index (χ2v) is 3.85. The largest absolute Gasteiger partial charge is 0.495 e. The third-order valence-electron chi connectivity index (χ3n) is 2.53. The summed E-state index contributed by atoms with van der Waals surface area (Å²) in [5.41, 5.74) is 12.6. The molecular formula is C12H19N3O2. The van der Waals surface area contributed by atoms with E-state index < -0.39 is 0 Å². The number of nitrogen functional groups attached to an aromatic ring is 1. The standard InChI is InChI=1S/C12H19N3O2/c1-3-15(8-12(14)16)7-9-4-5-11(17-2)10(13)6-9/h4-6H,3,7-8,13H2,1-2H3,(H2,14,16). The van der Waals surface area contributed by atoms with E-state index in [2.05, 4.69) is 0 Å². The summed E-state index contributed by atoms with van der Waals surface area (Å²) in [5, 5.41) is 0. The summed E-state index contributed by atoms with van der Waals surface area (Å²) in [4.78, 5) is 12.8. The van der Waals surface area contributed by atoms with Crippen molar-refractivity contribution in [3.8, 4) is 5.75 Å². The minimum Gasteiger partial charge on any atom is -0.495 e. The lowest BCUT2D eigenvalue weighted by molar-refractivity contribution is -0.119. The molecule has 1 aromatic carbocycles. The molecule has 0 aromatic heterocycles. The Morgan fingerprint density at radius 3 is 2.65 bits per heavy atom. The first kappa shape index (κ1) is 13.3. The van der Waals surface area contributed by atoms with Gasteiger partial charge in [0, 0.05) is 6.54 Å². The van der Waals surface area contributed by atoms with E-state index in [1.807, 2.05) is 30.0 Å². The van der Waals surface area contributed by atoms with Crippen molar-refractivity contribution in [3.05, 3.63) is 23.8 Å². The average Bonchev–Trinajstić information content (AvgIpc) is 2.27. The monoisotopic (exact) mass is 237 g/mol. The molecule has 0 saturated heterocycles. The molecule has 1 rings (SSSR count). The highest BCUT2D eigenvalue weighted by Crippen LogP contribution is 2.22. The van der Waals surface area contributed by atoms with Gasteiger partial charge >= 0.3 is 0 Å². The average molecular weight is 237 g/mol. The van der Waals surface area contributed by atoms with Gasteiger partial charge in [-0.2, -0.15) is 0 Å². The first-order valence-corrected chi connectivity index (χ1v) is 5.49. The fraction of sp³-hybridized carbons (Fsp3) is 0.417. The number of amides is 1. The van der Waals surface area contributed by atoms with Crippen molar-refractivity contribution in [1.29, 1.82) is 0 Å². The van der Waals surface area contributed by atoms with Crippen molar-refractivity contribution in [3.63, 3.8) is 0 Å². The maximum atomic E-state index is 10.9. The van der Waals surface area contributed by atoms with Crippen LogP contribution in [0.2, 0.25) is 0 Å². The molecule has 0 unspecified atom stereocenters. The van der Waals surface area contributed by atoms with E-state index in [4.69, 9.17) is 16.2 Å². The summed E-state index contributed by atoms with van der Waals surface area (Å²) in [6.07, 6.45) is 0. The van der Waals surface area contributed by atoms with Gasteiger partial charge in [0.1, 0.15) is 5.75 Å². The number of primary amides is 1. The van der Waals surface area contributed by atoms with E-state index in [1.165, 1.54) is 0 Å². The molecule has 1 amide bonds. The molecule has 0 aliphatic heterocycles. The van der Waals surface area contributed by atoms with Crippen molar-refractivity contribution in [2.75, 3.05) is 25.9 Å². The molecule has 5 heteroatoms. The molecule has 0 heterocycles. The molecule has 0 spiro atoms. The molecule has 0 aliphatic carbocycles. The third-order valence-corrected chi connectivity index (χ3v) is 2.53. The van der Waals surface area contributed by atoms with Crippen molar-refractivity contribution in [2.24, 2.45) is 5.73 Å². The predicted molar refractivity (Wildman–Crippen MR) is 67.6 cm³/mol. The number of methoxy groups -OCH3 is 1. The summed E-state index contributed by atoms with van der Waals surface area (Å²) < 4.78 is 5.08. The second-order valence-electron chi connectivity index (χ2n) is 3.85. The minimum atomic E-state index is -0.326. The van der Waals surface area contributed by atoms with E-state index in [0.29, 0.717) is 18.0 Å². The molecule has 5 nitrogen and oxygen atoms in total. The highest BCUT2D eigenvalue weighted by atomic mass is 16.5. The molecule has 1 aromatic rings. The number of anilines is 1. The zero-order valence-corrected chi connectivity index (χ0v) is 10.3. The maximum absolute atomic E-state index is 10.9. The number of likely N-dealkylation sites (N-methyl/N-ethyl adjacent to an activating group) is 1. The van der Waals surface area contributed by atoms with Gasteiger partial charge in [0.05, 0.1) is 19.3 Å². The smallest absolute Gasteiger partial charge is 0.231 e. The van der Waals surface area contributed by atoms with Crippen LogP contribution < -0.4 is 16.2 Å². The number of carbonyl (C=O) groups is 1. The van der Waals surface area contributed by atoms with Gasteiger partial charge in [-0.1, -0.05) is 13.0 Å². The Morgan fingerprint density at radius 1 is 1.47 bits per heavy atom. The van der Waals surface area contributed by atoms with Gasteiger partial charge in [0.15, 0.2) is 0 Å². The van der Waals surface area contributed by atoms with E-state index in [1.54, 1.807) is 7.11 Å². The van der Waals surface area contributed by atoms with Crippen LogP contribution in [0.25, 0.3) is 0 Å². The van der Waals surface area contributed by atoms with Crippen LogP contribution in [0.4, 0.5) is 5.69 Å². The van der Waals surface area contributed by atoms with Crippen LogP contribution in [0.15, 0.2) is 18.2 Å². The van der Waals surface area contributed by atoms with Crippen LogP contribution in [-0.2, 0) is 11.3 Å². The minimum absolute atomic E-state index is 0.252. The quantitative estimate of drug-likeness (QED) is 0.709. The van der Waals surface area contributed by atoms with Crippen molar-refractivity contribution < 1.29 is 9.53 Å². The molecule has 4 N–H and O–H groups in total. The van der Waals surface area contributed by atoms with Crippen molar-refractivity contribution in [1.82, 2.24) is 4.90 Å². The van der Waals surface area contributed by atoms with Gasteiger partial charge in [0.25, 0.3) is 0 Å². The number of rotatable bonds is 6. The number of benzene rings is 1. The highest BCUT2D eigenvalue weighted by molar-refractivity contribution is 5.75. The number of hydrogen-bond acceptors (Lipinski definition) is 4. The Hall–Kier alpha value is -1.75. The van der Waals surface area contributed by atoms with Crippen LogP contribution in [0.3, 0.4) is 0 Å². The fourth-order valence-corrected chi connectivity index (χ4v) is 1.64. The van der Waals surface area contributed by atoms with Crippen LogP contribution in [-0.4, -0.2) is 31.0 Å². The Labute approximate surface area is 101 Å². The Bertz CT molecular complexity index is 393. The molecule has 0 saturated carbocycles. The number of hydrogen-bond donors (Lipinski definition) is 2. The normalized spacial score (nSPS) is 10.5. The molecule has 0 bridgehead atoms. The lowest BCUT2D eigenvalue weighted by atomic mass is 10.1. The van der Waals surface area contributed by atoms with Crippen LogP contribution in [0.5, 0.6) is 5.75 Å². The highest BCUT2D eigenvalue weighted by Gasteiger charge is 2.08. The Kier molecular flexibility index (Phi) is 4.78. The zero-order chi connectivity index (χ0) is 12.8. The summed E-state index contributed by atoms with van der Waals surface area (Å²) in [5.74, 6) is 0.333. The fourth-order valence-electron chi connectivity index (χ4n) is 1.64. The number of carbonyl (C=O) groups excluding carboxylic acids is 1. The molecule has 0 aliphatic rings. The van der Waals surface area contributed by atoms with Gasteiger partial charge in [0.2, 0.25) is 5.91 Å². The first-order chi connectivity index (χ1) is 8.06. The molecule has 17 heavy (non-hydrogen) atoms. The van der Waals surface area contributed by atoms with E-state index in [-0.39, 0.29) is 12.5 Å². The first-order valence-electron chi connectivity index (χ1n) is 5.49. The van der Waals surface area contributed by atoms with E-state index in [0.717, 1.165) is 12.1 Å². The van der Waals surface area contributed by atoms with E-state index >= 15 is 0 Å².